The number of thiophene rings is 1. The number of likely N-dealkylation sites (tertiary alicyclic amines) is 1. The Bertz CT molecular complexity index is 1090. The Hall–Kier alpha value is -2.33. The van der Waals surface area contributed by atoms with Gasteiger partial charge in [0.2, 0.25) is 0 Å². The summed E-state index contributed by atoms with van der Waals surface area (Å²) >= 11 is 1.69. The van der Waals surface area contributed by atoms with Crippen molar-refractivity contribution in [2.24, 2.45) is 11.8 Å². The monoisotopic (exact) mass is 458 g/mol. The van der Waals surface area contributed by atoms with Crippen molar-refractivity contribution in [3.05, 3.63) is 58.8 Å². The van der Waals surface area contributed by atoms with Crippen LogP contribution in [0, 0.1) is 18.8 Å². The van der Waals surface area contributed by atoms with Gasteiger partial charge in [-0.1, -0.05) is 17.7 Å². The lowest BCUT2D eigenvalue weighted by molar-refractivity contribution is 0.387. The number of hydrogen-bond acceptors (Lipinski definition) is 7. The van der Waals surface area contributed by atoms with Crippen molar-refractivity contribution in [3.63, 3.8) is 0 Å². The van der Waals surface area contributed by atoms with Gasteiger partial charge in [0, 0.05) is 37.1 Å². The number of fused-ring (bicyclic) bond motifs is 1. The van der Waals surface area contributed by atoms with E-state index in [0.29, 0.717) is 0 Å². The number of aryl methyl sites for hydroxylation is 1. The lowest BCUT2D eigenvalue weighted by Gasteiger charge is -2.19. The molecule has 164 valence electrons. The summed E-state index contributed by atoms with van der Waals surface area (Å²) in [6.45, 7) is 6.54. The highest BCUT2D eigenvalue weighted by Crippen LogP contribution is 2.32. The van der Waals surface area contributed by atoms with E-state index in [4.69, 9.17) is 4.55 Å². The van der Waals surface area contributed by atoms with E-state index in [9.17, 15) is 8.42 Å². The highest BCUT2D eigenvalue weighted by Gasteiger charge is 2.39. The third kappa shape index (κ3) is 5.30. The van der Waals surface area contributed by atoms with E-state index < -0.39 is 10.1 Å². The molecule has 9 heteroatoms. The quantitative estimate of drug-likeness (QED) is 0.602. The van der Waals surface area contributed by atoms with Crippen molar-refractivity contribution < 1.29 is 13.0 Å². The number of anilines is 1. The second-order valence-electron chi connectivity index (χ2n) is 8.22. The molecule has 0 radical (unpaired) electrons. The van der Waals surface area contributed by atoms with E-state index in [1.54, 1.807) is 23.5 Å². The lowest BCUT2D eigenvalue weighted by Crippen LogP contribution is -2.27. The van der Waals surface area contributed by atoms with Crippen molar-refractivity contribution in [1.29, 1.82) is 0 Å². The summed E-state index contributed by atoms with van der Waals surface area (Å²) in [5.41, 5.74) is 3.08. The first kappa shape index (κ1) is 21.9. The predicted molar refractivity (Wildman–Crippen MR) is 123 cm³/mol. The molecule has 0 aliphatic carbocycles. The third-order valence-corrected chi connectivity index (χ3v) is 7.33. The number of aromatic nitrogens is 2. The van der Waals surface area contributed by atoms with Crippen LogP contribution in [0.2, 0.25) is 0 Å². The van der Waals surface area contributed by atoms with Crippen LogP contribution in [0.3, 0.4) is 0 Å². The summed E-state index contributed by atoms with van der Waals surface area (Å²) in [6.07, 6.45) is 0. The molecule has 2 aliphatic rings. The number of hydrogen-bond donors (Lipinski definition) is 1. The standard InChI is InChI=1S/C15H18N4S.C7H8O3S/c1-18-6-12-8-19(9-13(12)7-18)15-3-2-14(16-17-15)11-4-5-20-10-11;1-6-2-4-7(5-3-6)11(8,9)10/h2-5,10,12-13H,6-9H2,1H3;2-5H,1H3,(H,8,9,10). The molecule has 0 bridgehead atoms. The molecule has 1 aromatic carbocycles. The zero-order valence-electron chi connectivity index (χ0n) is 17.5. The molecule has 2 atom stereocenters. The van der Waals surface area contributed by atoms with Gasteiger partial charge >= 0.3 is 0 Å². The van der Waals surface area contributed by atoms with Crippen molar-refractivity contribution in [2.75, 3.05) is 38.1 Å². The van der Waals surface area contributed by atoms with Gasteiger partial charge in [-0.3, -0.25) is 4.55 Å². The van der Waals surface area contributed by atoms with Crippen LogP contribution in [0.15, 0.2) is 58.1 Å². The SMILES string of the molecule is CN1CC2CN(c3ccc(-c4ccsc4)nn3)CC2C1.Cc1ccc(S(=O)(=O)O)cc1. The van der Waals surface area contributed by atoms with E-state index >= 15 is 0 Å². The first-order valence-corrected chi connectivity index (χ1v) is 12.5. The van der Waals surface area contributed by atoms with Gasteiger partial charge in [0.05, 0.1) is 10.6 Å². The first-order valence-electron chi connectivity index (χ1n) is 10.1. The Morgan fingerprint density at radius 3 is 2.16 bits per heavy atom. The van der Waals surface area contributed by atoms with E-state index in [0.717, 1.165) is 47.6 Å². The van der Waals surface area contributed by atoms with E-state index in [1.165, 1.54) is 25.2 Å². The maximum atomic E-state index is 10.5. The molecule has 0 saturated carbocycles. The fourth-order valence-corrected chi connectivity index (χ4v) is 5.31. The van der Waals surface area contributed by atoms with E-state index in [-0.39, 0.29) is 4.90 Å². The minimum absolute atomic E-state index is 0.0666. The largest absolute Gasteiger partial charge is 0.354 e. The molecule has 2 aromatic heterocycles. The summed E-state index contributed by atoms with van der Waals surface area (Å²) < 4.78 is 29.6. The zero-order chi connectivity index (χ0) is 22.0. The number of benzene rings is 1. The van der Waals surface area contributed by atoms with Gasteiger partial charge in [0.15, 0.2) is 5.82 Å². The van der Waals surface area contributed by atoms with Crippen LogP contribution in [0.25, 0.3) is 11.3 Å². The first-order chi connectivity index (χ1) is 14.8. The molecule has 4 heterocycles. The van der Waals surface area contributed by atoms with E-state index in [1.807, 2.05) is 6.92 Å². The summed E-state index contributed by atoms with van der Waals surface area (Å²) in [6, 6.07) is 12.3. The van der Waals surface area contributed by atoms with Crippen LogP contribution in [0.1, 0.15) is 5.56 Å². The maximum Gasteiger partial charge on any atom is 0.294 e. The van der Waals surface area contributed by atoms with Gasteiger partial charge in [-0.2, -0.15) is 19.8 Å². The Morgan fingerprint density at radius 2 is 1.65 bits per heavy atom. The van der Waals surface area contributed by atoms with Crippen LogP contribution < -0.4 is 4.90 Å². The van der Waals surface area contributed by atoms with Crippen LogP contribution >= 0.6 is 11.3 Å². The highest BCUT2D eigenvalue weighted by atomic mass is 32.2. The van der Waals surface area contributed by atoms with Crippen molar-refractivity contribution in [1.82, 2.24) is 15.1 Å². The smallest absolute Gasteiger partial charge is 0.294 e. The lowest BCUT2D eigenvalue weighted by atomic mass is 10.0. The van der Waals surface area contributed by atoms with Crippen molar-refractivity contribution in [2.45, 2.75) is 11.8 Å². The summed E-state index contributed by atoms with van der Waals surface area (Å²) in [5.74, 6) is 2.64. The molecule has 7 nitrogen and oxygen atoms in total. The molecule has 5 rings (SSSR count). The van der Waals surface area contributed by atoms with Crippen LogP contribution in [-0.4, -0.2) is 61.3 Å². The fourth-order valence-electron chi connectivity index (χ4n) is 4.18. The summed E-state index contributed by atoms with van der Waals surface area (Å²) in [5, 5.41) is 13.0. The predicted octanol–water partition coefficient (Wildman–Crippen LogP) is 3.44. The third-order valence-electron chi connectivity index (χ3n) is 5.78. The maximum absolute atomic E-state index is 10.5. The Kier molecular flexibility index (Phi) is 6.38. The van der Waals surface area contributed by atoms with Crippen LogP contribution in [0.5, 0.6) is 0 Å². The van der Waals surface area contributed by atoms with Crippen molar-refractivity contribution in [3.8, 4) is 11.3 Å². The Morgan fingerprint density at radius 1 is 0.968 bits per heavy atom. The fraction of sp³-hybridized carbons (Fsp3) is 0.364. The van der Waals surface area contributed by atoms with Gasteiger partial charge < -0.3 is 9.80 Å². The minimum atomic E-state index is -4.02. The van der Waals surface area contributed by atoms with Gasteiger partial charge in [-0.05, 0) is 61.5 Å². The number of nitrogens with zero attached hydrogens (tertiary/aromatic N) is 4. The minimum Gasteiger partial charge on any atom is -0.354 e. The van der Waals surface area contributed by atoms with E-state index in [2.05, 4.69) is 56.0 Å². The van der Waals surface area contributed by atoms with Crippen LogP contribution in [0.4, 0.5) is 5.82 Å². The van der Waals surface area contributed by atoms with Gasteiger partial charge in [0.25, 0.3) is 10.1 Å². The average Bonchev–Trinajstić information content (AvgIpc) is 3.45. The summed E-state index contributed by atoms with van der Waals surface area (Å²) in [4.78, 5) is 4.77. The van der Waals surface area contributed by atoms with Crippen LogP contribution in [-0.2, 0) is 10.1 Å². The Balaban J connectivity index is 0.000000180. The average molecular weight is 459 g/mol. The topological polar surface area (TPSA) is 86.6 Å². The second-order valence-corrected chi connectivity index (χ2v) is 10.4. The van der Waals surface area contributed by atoms with Gasteiger partial charge in [0.1, 0.15) is 0 Å². The molecule has 0 amide bonds. The molecule has 1 N–H and O–H groups in total. The molecule has 2 fully saturated rings. The van der Waals surface area contributed by atoms with Gasteiger partial charge in [-0.15, -0.1) is 10.2 Å². The van der Waals surface area contributed by atoms with Gasteiger partial charge in [-0.25, -0.2) is 0 Å². The van der Waals surface area contributed by atoms with Crippen molar-refractivity contribution >= 4 is 27.3 Å². The number of rotatable bonds is 3. The molecule has 3 aromatic rings. The molecular formula is C22H26N4O3S2. The molecule has 2 aliphatic heterocycles. The Labute approximate surface area is 187 Å². The normalized spacial score (nSPS) is 20.9. The molecule has 0 spiro atoms. The highest BCUT2D eigenvalue weighted by molar-refractivity contribution is 7.85. The zero-order valence-corrected chi connectivity index (χ0v) is 19.2. The molecule has 2 saturated heterocycles. The molecule has 31 heavy (non-hydrogen) atoms. The molecule has 2 unspecified atom stereocenters. The molecular weight excluding hydrogens is 432 g/mol. The summed E-state index contributed by atoms with van der Waals surface area (Å²) in [7, 11) is -1.80. The second kappa shape index (κ2) is 9.04.